The molecule has 2 atom stereocenters. The first-order valence-electron chi connectivity index (χ1n) is 15.6. The van der Waals surface area contributed by atoms with E-state index in [1.807, 2.05) is 26.8 Å². The van der Waals surface area contributed by atoms with Crippen LogP contribution in [0, 0.1) is 11.6 Å². The van der Waals surface area contributed by atoms with E-state index in [1.165, 1.54) is 30.7 Å². The zero-order chi connectivity index (χ0) is 33.1. The van der Waals surface area contributed by atoms with Gasteiger partial charge in [-0.2, -0.15) is 0 Å². The molecule has 0 aliphatic carbocycles. The second-order valence-electron chi connectivity index (χ2n) is 11.2. The highest BCUT2D eigenvalue weighted by atomic mass is 19.1. The Kier molecular flexibility index (Phi) is 12.5. The van der Waals surface area contributed by atoms with E-state index < -0.39 is 29.7 Å². The number of rotatable bonds is 16. The van der Waals surface area contributed by atoms with E-state index in [0.717, 1.165) is 36.5 Å². The van der Waals surface area contributed by atoms with Gasteiger partial charge in [-0.05, 0) is 72.7 Å². The zero-order valence-corrected chi connectivity index (χ0v) is 26.4. The summed E-state index contributed by atoms with van der Waals surface area (Å²) in [5.41, 5.74) is 3.14. The van der Waals surface area contributed by atoms with Gasteiger partial charge in [0.25, 0.3) is 11.8 Å². The average molecular weight is 634 g/mol. The highest BCUT2D eigenvalue weighted by molar-refractivity contribution is 6.01. The Morgan fingerprint density at radius 3 is 2.26 bits per heavy atom. The number of aliphatic hydroxyl groups excluding tert-OH is 1. The van der Waals surface area contributed by atoms with Crippen LogP contribution >= 0.6 is 0 Å². The van der Waals surface area contributed by atoms with Crippen LogP contribution in [0.15, 0.2) is 71.7 Å². The monoisotopic (exact) mass is 633 g/mol. The molecule has 0 spiro atoms. The third-order valence-electron chi connectivity index (χ3n) is 7.50. The van der Waals surface area contributed by atoms with Crippen LogP contribution in [0.3, 0.4) is 0 Å². The summed E-state index contributed by atoms with van der Waals surface area (Å²) in [4.78, 5) is 37.5. The van der Waals surface area contributed by atoms with Gasteiger partial charge in [0.1, 0.15) is 17.9 Å². The largest absolute Gasteiger partial charge is 0.445 e. The quantitative estimate of drug-likeness (QED) is 0.153. The van der Waals surface area contributed by atoms with Crippen LogP contribution in [-0.4, -0.2) is 63.6 Å². The molecule has 244 valence electrons. The Balaban J connectivity index is 1.60. The highest BCUT2D eigenvalue weighted by Gasteiger charge is 2.25. The number of carbonyl (C=O) groups excluding carboxylic acids is 2. The Labute approximate surface area is 268 Å². The summed E-state index contributed by atoms with van der Waals surface area (Å²) >= 11 is 0. The molecular formula is C35H41F2N5O4. The van der Waals surface area contributed by atoms with Crippen LogP contribution in [0.2, 0.25) is 0 Å². The minimum absolute atomic E-state index is 0.0534. The fourth-order valence-corrected chi connectivity index (χ4v) is 5.26. The lowest BCUT2D eigenvalue weighted by atomic mass is 9.99. The number of carbonyl (C=O) groups is 2. The number of benzene rings is 2. The lowest BCUT2D eigenvalue weighted by molar-refractivity contribution is 0.0755. The van der Waals surface area contributed by atoms with Gasteiger partial charge in [-0.3, -0.25) is 14.6 Å². The topological polar surface area (TPSA) is 121 Å². The van der Waals surface area contributed by atoms with E-state index in [-0.39, 0.29) is 41.5 Å². The number of hydrogen-bond acceptors (Lipinski definition) is 7. The molecule has 2 heterocycles. The van der Waals surface area contributed by atoms with Gasteiger partial charge in [-0.25, -0.2) is 13.8 Å². The Morgan fingerprint density at radius 2 is 1.61 bits per heavy atom. The van der Waals surface area contributed by atoms with Crippen molar-refractivity contribution < 1.29 is 27.9 Å². The van der Waals surface area contributed by atoms with Crippen molar-refractivity contribution in [3.63, 3.8) is 0 Å². The lowest BCUT2D eigenvalue weighted by Gasteiger charge is -2.25. The molecule has 2 unspecified atom stereocenters. The van der Waals surface area contributed by atoms with Gasteiger partial charge < -0.3 is 25.1 Å². The smallest absolute Gasteiger partial charge is 0.253 e. The predicted octanol–water partition coefficient (Wildman–Crippen LogP) is 5.33. The summed E-state index contributed by atoms with van der Waals surface area (Å²) in [6.07, 6.45) is 7.58. The fourth-order valence-electron chi connectivity index (χ4n) is 5.26. The molecule has 9 nitrogen and oxygen atoms in total. The number of nitrogens with zero attached hydrogens (tertiary/aromatic N) is 3. The molecule has 46 heavy (non-hydrogen) atoms. The first-order chi connectivity index (χ1) is 22.2. The van der Waals surface area contributed by atoms with Crippen LogP contribution in [0.5, 0.6) is 0 Å². The molecule has 0 fully saturated rings. The lowest BCUT2D eigenvalue weighted by Crippen LogP contribution is -2.48. The van der Waals surface area contributed by atoms with Crippen LogP contribution in [0.1, 0.15) is 71.0 Å². The van der Waals surface area contributed by atoms with Gasteiger partial charge in [0, 0.05) is 61.3 Å². The number of aliphatic hydroxyl groups is 1. The van der Waals surface area contributed by atoms with E-state index in [9.17, 15) is 23.5 Å². The van der Waals surface area contributed by atoms with Gasteiger partial charge in [-0.15, -0.1) is 0 Å². The molecule has 11 heteroatoms. The molecule has 0 saturated carbocycles. The van der Waals surface area contributed by atoms with E-state index in [1.54, 1.807) is 29.4 Å². The number of aryl methyl sites for hydroxylation is 1. The third-order valence-corrected chi connectivity index (χ3v) is 7.50. The van der Waals surface area contributed by atoms with Gasteiger partial charge in [-0.1, -0.05) is 26.8 Å². The van der Waals surface area contributed by atoms with Gasteiger partial charge in [0.15, 0.2) is 0 Å². The van der Waals surface area contributed by atoms with Crippen LogP contribution in [-0.2, 0) is 19.4 Å². The molecule has 0 aliphatic rings. The normalized spacial score (nSPS) is 12.5. The SMILES string of the molecule is CCCN(CCC)C(=O)c1cc(C(=O)NC(Cc2cc(F)cc(F)c2)C(O)CNCc2cncc(CC)c2)cc(-c2ncco2)c1. The van der Waals surface area contributed by atoms with Crippen LogP contribution < -0.4 is 10.6 Å². The van der Waals surface area contributed by atoms with E-state index in [0.29, 0.717) is 25.2 Å². The minimum atomic E-state index is -1.14. The maximum Gasteiger partial charge on any atom is 0.253 e. The summed E-state index contributed by atoms with van der Waals surface area (Å²) in [6.45, 7) is 7.62. The van der Waals surface area contributed by atoms with E-state index >= 15 is 0 Å². The second kappa shape index (κ2) is 16.7. The number of pyridine rings is 1. The third kappa shape index (κ3) is 9.51. The molecule has 3 N–H and O–H groups in total. The van der Waals surface area contributed by atoms with Crippen molar-refractivity contribution >= 4 is 11.8 Å². The van der Waals surface area contributed by atoms with Gasteiger partial charge in [0.2, 0.25) is 5.89 Å². The summed E-state index contributed by atoms with van der Waals surface area (Å²) in [6, 6.07) is 8.86. The second-order valence-corrected chi connectivity index (χ2v) is 11.2. The first-order valence-corrected chi connectivity index (χ1v) is 15.6. The summed E-state index contributed by atoms with van der Waals surface area (Å²) < 4.78 is 33.6. The maximum atomic E-state index is 14.1. The molecular weight excluding hydrogens is 592 g/mol. The number of amides is 2. The minimum Gasteiger partial charge on any atom is -0.445 e. The number of oxazole rings is 1. The molecule has 4 aromatic rings. The first kappa shape index (κ1) is 34.4. The number of halogens is 2. The Morgan fingerprint density at radius 1 is 0.913 bits per heavy atom. The maximum absolute atomic E-state index is 14.1. The molecule has 4 rings (SSSR count). The molecule has 0 aliphatic heterocycles. The van der Waals surface area contributed by atoms with Crippen LogP contribution in [0.25, 0.3) is 11.5 Å². The van der Waals surface area contributed by atoms with Crippen molar-refractivity contribution in [1.82, 2.24) is 25.5 Å². The van der Waals surface area contributed by atoms with Gasteiger partial charge >= 0.3 is 0 Å². The summed E-state index contributed by atoms with van der Waals surface area (Å²) in [5, 5.41) is 17.3. The fraction of sp³-hybridized carbons (Fsp3) is 0.371. The van der Waals surface area contributed by atoms with E-state index in [4.69, 9.17) is 4.42 Å². The van der Waals surface area contributed by atoms with Crippen LogP contribution in [0.4, 0.5) is 8.78 Å². The number of aromatic nitrogens is 2. The van der Waals surface area contributed by atoms with Crippen molar-refractivity contribution in [1.29, 1.82) is 0 Å². The average Bonchev–Trinajstić information content (AvgIpc) is 3.59. The molecule has 2 amide bonds. The van der Waals surface area contributed by atoms with Gasteiger partial charge in [0.05, 0.1) is 18.3 Å². The van der Waals surface area contributed by atoms with Crippen molar-refractivity contribution in [2.75, 3.05) is 19.6 Å². The van der Waals surface area contributed by atoms with Crippen molar-refractivity contribution in [3.05, 3.63) is 107 Å². The number of hydrogen-bond donors (Lipinski definition) is 3. The standard InChI is InChI=1S/C35H41F2N5O4/c1-4-8-42(9-5-2)35(45)28-16-26(15-27(17-28)34-40-7-10-46-34)33(44)41-31(14-24-12-29(36)18-30(37)13-24)32(43)22-39-21-25-11-23(6-3)19-38-20-25/h7,10-13,15-20,31-32,39,43H,4-6,8-9,14,21-22H2,1-3H3,(H,41,44). The Bertz CT molecular complexity index is 1570. The predicted molar refractivity (Wildman–Crippen MR) is 171 cm³/mol. The molecule has 2 aromatic heterocycles. The molecule has 2 aromatic carbocycles. The molecule has 0 radical (unpaired) electrons. The summed E-state index contributed by atoms with van der Waals surface area (Å²) in [7, 11) is 0. The van der Waals surface area contributed by atoms with Crippen molar-refractivity contribution in [2.45, 2.75) is 65.1 Å². The van der Waals surface area contributed by atoms with E-state index in [2.05, 4.69) is 20.6 Å². The molecule has 0 bridgehead atoms. The molecule has 0 saturated heterocycles. The van der Waals surface area contributed by atoms with Crippen molar-refractivity contribution in [2.24, 2.45) is 0 Å². The Hall–Kier alpha value is -4.48. The zero-order valence-electron chi connectivity index (χ0n) is 26.4. The summed E-state index contributed by atoms with van der Waals surface area (Å²) in [5.74, 6) is -2.11. The van der Waals surface area contributed by atoms with Crippen molar-refractivity contribution in [3.8, 4) is 11.5 Å². The number of nitrogens with one attached hydrogen (secondary N) is 2. The highest BCUT2D eigenvalue weighted by Crippen LogP contribution is 2.23.